The molecule has 0 spiro atoms. The second kappa shape index (κ2) is 7.55. The lowest BCUT2D eigenvalue weighted by Gasteiger charge is -2.23. The lowest BCUT2D eigenvalue weighted by Crippen LogP contribution is -2.34. The Kier molecular flexibility index (Phi) is 5.33. The minimum absolute atomic E-state index is 0.173. The monoisotopic (exact) mass is 410 g/mol. The van der Waals surface area contributed by atoms with Gasteiger partial charge >= 0.3 is 6.18 Å². The van der Waals surface area contributed by atoms with Gasteiger partial charge in [0.1, 0.15) is 5.75 Å². The number of fused-ring (bicyclic) bond motifs is 1. The molecular weight excluding hydrogens is 397 g/mol. The van der Waals surface area contributed by atoms with Crippen molar-refractivity contribution in [3.05, 3.63) is 58.6 Å². The van der Waals surface area contributed by atoms with Gasteiger partial charge in [-0.25, -0.2) is 0 Å². The van der Waals surface area contributed by atoms with Gasteiger partial charge in [-0.3, -0.25) is 9.59 Å². The van der Waals surface area contributed by atoms with Crippen molar-refractivity contribution in [2.24, 2.45) is 0 Å². The van der Waals surface area contributed by atoms with E-state index in [0.717, 1.165) is 18.2 Å². The fraction of sp³-hybridized carbons (Fsp3) is 0.158. The van der Waals surface area contributed by atoms with Crippen LogP contribution < -0.4 is 15.4 Å². The molecule has 0 aromatic heterocycles. The Bertz CT molecular complexity index is 973. The molecule has 3 rings (SSSR count). The first-order valence-corrected chi connectivity index (χ1v) is 8.48. The maximum Gasteiger partial charge on any atom is 0.417 e. The summed E-state index contributed by atoms with van der Waals surface area (Å²) in [5, 5.41) is 4.80. The van der Waals surface area contributed by atoms with E-state index in [1.165, 1.54) is 18.2 Å². The molecule has 0 saturated carbocycles. The van der Waals surface area contributed by atoms with E-state index in [4.69, 9.17) is 16.3 Å². The van der Waals surface area contributed by atoms with Gasteiger partial charge in [-0.1, -0.05) is 17.7 Å². The molecule has 1 aliphatic rings. The third-order valence-corrected chi connectivity index (χ3v) is 4.23. The highest BCUT2D eigenvalue weighted by atomic mass is 35.5. The molecule has 0 bridgehead atoms. The fourth-order valence-corrected chi connectivity index (χ4v) is 2.73. The van der Waals surface area contributed by atoms with Crippen molar-refractivity contribution in [1.29, 1.82) is 0 Å². The van der Waals surface area contributed by atoms with Crippen LogP contribution in [0.1, 0.15) is 18.1 Å². The Labute approximate surface area is 163 Å². The van der Waals surface area contributed by atoms with Crippen LogP contribution in [-0.2, 0) is 15.8 Å². The summed E-state index contributed by atoms with van der Waals surface area (Å²) in [5.41, 5.74) is -0.000288. The molecule has 1 heterocycles. The van der Waals surface area contributed by atoms with Gasteiger partial charge in [0.25, 0.3) is 5.91 Å². The van der Waals surface area contributed by atoms with Gasteiger partial charge in [0.2, 0.25) is 5.91 Å². The molecule has 2 aromatic rings. The third-order valence-electron chi connectivity index (χ3n) is 3.90. The Morgan fingerprint density at radius 3 is 2.71 bits per heavy atom. The van der Waals surface area contributed by atoms with Gasteiger partial charge in [0.15, 0.2) is 6.10 Å². The van der Waals surface area contributed by atoms with Crippen LogP contribution in [0.5, 0.6) is 5.75 Å². The first-order valence-electron chi connectivity index (χ1n) is 8.11. The van der Waals surface area contributed by atoms with E-state index in [0.29, 0.717) is 17.1 Å². The summed E-state index contributed by atoms with van der Waals surface area (Å²) in [6.45, 7) is 1.61. The zero-order valence-corrected chi connectivity index (χ0v) is 15.2. The molecular formula is C19H14ClF3N2O3. The average Bonchev–Trinajstić information content (AvgIpc) is 2.61. The number of carbonyl (C=O) groups excluding carboxylic acids is 2. The number of halogens is 4. The Morgan fingerprint density at radius 1 is 1.25 bits per heavy atom. The Morgan fingerprint density at radius 2 is 2.00 bits per heavy atom. The number of benzene rings is 2. The molecule has 1 aliphatic heterocycles. The highest BCUT2D eigenvalue weighted by Gasteiger charge is 2.33. The first-order chi connectivity index (χ1) is 13.1. The van der Waals surface area contributed by atoms with Crippen molar-refractivity contribution >= 4 is 40.9 Å². The molecule has 5 nitrogen and oxygen atoms in total. The van der Waals surface area contributed by atoms with Crippen LogP contribution >= 0.6 is 11.6 Å². The molecule has 0 fully saturated rings. The predicted octanol–water partition coefficient (Wildman–Crippen LogP) is 4.73. The number of hydrogen-bond acceptors (Lipinski definition) is 3. The Hall–Kier alpha value is -3.00. The summed E-state index contributed by atoms with van der Waals surface area (Å²) in [4.78, 5) is 23.7. The molecule has 2 aromatic carbocycles. The van der Waals surface area contributed by atoms with Crippen LogP contribution in [0.3, 0.4) is 0 Å². The van der Waals surface area contributed by atoms with Crippen molar-refractivity contribution in [2.75, 3.05) is 10.6 Å². The molecule has 0 unspecified atom stereocenters. The summed E-state index contributed by atoms with van der Waals surface area (Å²) < 4.78 is 44.0. The number of amides is 2. The highest BCUT2D eigenvalue weighted by Crippen LogP contribution is 2.35. The van der Waals surface area contributed by atoms with E-state index in [9.17, 15) is 22.8 Å². The number of nitrogens with one attached hydrogen (secondary N) is 2. The van der Waals surface area contributed by atoms with Gasteiger partial charge in [0.05, 0.1) is 16.3 Å². The smallest absolute Gasteiger partial charge is 0.417 e. The van der Waals surface area contributed by atoms with Crippen molar-refractivity contribution in [1.82, 2.24) is 0 Å². The lowest BCUT2D eigenvalue weighted by molar-refractivity contribution is -0.137. The molecule has 2 N–H and O–H groups in total. The summed E-state index contributed by atoms with van der Waals surface area (Å²) in [5.74, 6) is -0.388. The second-order valence-electron chi connectivity index (χ2n) is 6.02. The van der Waals surface area contributed by atoms with Crippen molar-refractivity contribution in [3.8, 4) is 5.75 Å². The van der Waals surface area contributed by atoms with Gasteiger partial charge in [0, 0.05) is 11.8 Å². The summed E-state index contributed by atoms with van der Waals surface area (Å²) >= 11 is 5.56. The van der Waals surface area contributed by atoms with Crippen molar-refractivity contribution in [2.45, 2.75) is 19.2 Å². The third kappa shape index (κ3) is 4.45. The zero-order chi connectivity index (χ0) is 20.5. The number of rotatable bonds is 3. The van der Waals surface area contributed by atoms with Crippen LogP contribution in [0.25, 0.3) is 6.08 Å². The maximum atomic E-state index is 12.9. The van der Waals surface area contributed by atoms with Gasteiger partial charge in [-0.15, -0.1) is 0 Å². The van der Waals surface area contributed by atoms with Gasteiger partial charge < -0.3 is 15.4 Å². The largest absolute Gasteiger partial charge is 0.479 e. The summed E-state index contributed by atoms with van der Waals surface area (Å²) in [6.07, 6.45) is -2.86. The predicted molar refractivity (Wildman–Crippen MR) is 99.3 cm³/mol. The summed E-state index contributed by atoms with van der Waals surface area (Å²) in [7, 11) is 0. The highest BCUT2D eigenvalue weighted by molar-refractivity contribution is 6.31. The normalized spacial score (nSPS) is 16.3. The van der Waals surface area contributed by atoms with E-state index >= 15 is 0 Å². The van der Waals surface area contributed by atoms with Crippen molar-refractivity contribution < 1.29 is 27.5 Å². The maximum absolute atomic E-state index is 12.9. The SMILES string of the molecule is C[C@H]1Oc2ccc(NC(=O)/C=C/c3ccc(Cl)c(C(F)(F)F)c3)cc2NC1=O. The van der Waals surface area contributed by atoms with Crippen LogP contribution in [0, 0.1) is 0 Å². The molecule has 9 heteroatoms. The topological polar surface area (TPSA) is 67.4 Å². The number of anilines is 2. The van der Waals surface area contributed by atoms with Crippen LogP contribution in [0.4, 0.5) is 24.5 Å². The second-order valence-corrected chi connectivity index (χ2v) is 6.43. The number of hydrogen-bond donors (Lipinski definition) is 2. The standard InChI is InChI=1S/C19H14ClF3N2O3/c1-10-18(27)25-15-9-12(4-6-16(15)28-10)24-17(26)7-3-11-2-5-14(20)13(8-11)19(21,22)23/h2-10H,1H3,(H,24,26)(H,25,27)/b7-3+/t10-/m1/s1. The van der Waals surface area contributed by atoms with Crippen LogP contribution in [0.2, 0.25) is 5.02 Å². The lowest BCUT2D eigenvalue weighted by atomic mass is 10.1. The van der Waals surface area contributed by atoms with E-state index in [1.54, 1.807) is 19.1 Å². The number of carbonyl (C=O) groups is 2. The molecule has 2 amide bonds. The molecule has 146 valence electrons. The minimum Gasteiger partial charge on any atom is -0.479 e. The summed E-state index contributed by atoms with van der Waals surface area (Å²) in [6, 6.07) is 8.05. The van der Waals surface area contributed by atoms with Gasteiger partial charge in [-0.2, -0.15) is 13.2 Å². The fourth-order valence-electron chi connectivity index (χ4n) is 2.51. The molecule has 0 aliphatic carbocycles. The minimum atomic E-state index is -4.59. The van der Waals surface area contributed by atoms with Crippen LogP contribution in [-0.4, -0.2) is 17.9 Å². The Balaban J connectivity index is 1.71. The first kappa shape index (κ1) is 19.8. The van der Waals surface area contributed by atoms with Gasteiger partial charge in [-0.05, 0) is 48.9 Å². The average molecular weight is 411 g/mol. The van der Waals surface area contributed by atoms with E-state index < -0.39 is 28.8 Å². The molecule has 1 atom stereocenters. The quantitative estimate of drug-likeness (QED) is 0.719. The van der Waals surface area contributed by atoms with E-state index in [2.05, 4.69) is 10.6 Å². The number of alkyl halides is 3. The zero-order valence-electron chi connectivity index (χ0n) is 14.4. The van der Waals surface area contributed by atoms with Crippen LogP contribution in [0.15, 0.2) is 42.5 Å². The van der Waals surface area contributed by atoms with Crippen molar-refractivity contribution in [3.63, 3.8) is 0 Å². The number of ether oxygens (including phenoxy) is 1. The molecule has 0 radical (unpaired) electrons. The molecule has 28 heavy (non-hydrogen) atoms. The van der Waals surface area contributed by atoms with E-state index in [-0.39, 0.29) is 11.5 Å². The molecule has 0 saturated heterocycles. The van der Waals surface area contributed by atoms with E-state index in [1.807, 2.05) is 0 Å².